The molecular weight excluding hydrogens is 1350 g/mol. The Morgan fingerprint density at radius 1 is 0.378 bits per heavy atom. The Morgan fingerprint density at radius 3 is 1.50 bits per heavy atom. The average molecular weight is 1420 g/mol. The zero-order valence-corrected chi connectivity index (χ0v) is 61.4. The predicted octanol–water partition coefficient (Wildman–Crippen LogP) is 25.9. The van der Waals surface area contributed by atoms with Gasteiger partial charge in [0.15, 0.2) is 0 Å². The van der Waals surface area contributed by atoms with Gasteiger partial charge in [-0.25, -0.2) is 9.97 Å². The molecule has 3 heterocycles. The molecule has 2 unspecified atom stereocenters. The number of aromatic nitrogens is 4. The molecule has 0 saturated carbocycles. The van der Waals surface area contributed by atoms with Crippen molar-refractivity contribution >= 4 is 115 Å². The molecule has 22 rings (SSSR count). The second-order valence-corrected chi connectivity index (χ2v) is 30.4. The molecular formula is C105H74N6. The Balaban J connectivity index is 0.669. The van der Waals surface area contributed by atoms with Crippen LogP contribution in [-0.2, 0) is 13.1 Å². The lowest BCUT2D eigenvalue weighted by atomic mass is 9.83. The number of nitrogens with zero attached hydrogens (tertiary/aromatic N) is 5. The summed E-state index contributed by atoms with van der Waals surface area (Å²) >= 11 is 0. The zero-order chi connectivity index (χ0) is 73.4. The second-order valence-electron chi connectivity index (χ2n) is 30.4. The molecule has 0 saturated heterocycles. The van der Waals surface area contributed by atoms with Gasteiger partial charge in [0.05, 0.1) is 33.5 Å². The number of rotatable bonds is 14. The molecule has 0 spiro atoms. The van der Waals surface area contributed by atoms with Crippen LogP contribution in [0, 0.1) is 0 Å². The van der Waals surface area contributed by atoms with Crippen molar-refractivity contribution in [1.82, 2.24) is 19.1 Å². The SMILES string of the molecule is CC1CCCc2cc(-c3cc(-c4ccc5c(-c6ccc(C7=C(c8ccccc8)c8cccc9c8c8c%10c7cccc%10ccc8n9C/N=C(\CC(N)c7cccc8ccccc78)c7ccccc7)cc6)cccc5c4)nc(-n4c5cccc6c5c5c7c(cccc7ccc54)C(c4ccccc4)=C6c4ccccc4)n3)ccc21. The van der Waals surface area contributed by atoms with Crippen LogP contribution in [0.15, 0.2) is 351 Å². The minimum Gasteiger partial charge on any atom is -0.324 e. The fourth-order valence-corrected chi connectivity index (χ4v) is 19.2. The molecule has 3 aliphatic rings. The molecule has 2 N–H and O–H groups in total. The van der Waals surface area contributed by atoms with Gasteiger partial charge in [-0.3, -0.25) is 9.56 Å². The molecule has 0 amide bonds. The Morgan fingerprint density at radius 2 is 0.847 bits per heavy atom. The monoisotopic (exact) mass is 1420 g/mol. The number of aliphatic imine (C=N–C) groups is 1. The van der Waals surface area contributed by atoms with Crippen molar-refractivity contribution < 1.29 is 0 Å². The summed E-state index contributed by atoms with van der Waals surface area (Å²) in [5, 5.41) is 14.4. The number of nitrogens with two attached hydrogens (primary N) is 1. The normalized spacial score (nSPS) is 14.4. The number of fused-ring (bicyclic) bond motifs is 3. The lowest BCUT2D eigenvalue weighted by Gasteiger charge is -2.23. The fourth-order valence-electron chi connectivity index (χ4n) is 19.2. The van der Waals surface area contributed by atoms with Gasteiger partial charge in [0, 0.05) is 50.8 Å². The molecule has 3 aliphatic carbocycles. The zero-order valence-electron chi connectivity index (χ0n) is 61.4. The molecule has 0 bridgehead atoms. The topological polar surface area (TPSA) is 74.0 Å². The van der Waals surface area contributed by atoms with Gasteiger partial charge < -0.3 is 10.3 Å². The summed E-state index contributed by atoms with van der Waals surface area (Å²) in [6, 6.07) is 127. The number of benzene rings is 16. The standard InChI is InChI=1S/C105H74N6/c1-64-23-16-36-74-59-76(51-55-78(64)74)89-62-90(109-105(108-89)111-93-46-22-44-86-97(70-31-12-5-13-32-70)95(68-27-8-3-9-28-68)83-41-19-35-72-54-58-94(111)104(100(72)83)102(86)93)77-52-56-81-75(60-77)37-20-39-79(81)66-47-49-73(50-48-66)98-84-42-18-34-71-53-57-92-103(99(71)84)101-85(96(98)69-29-10-4-11-30-69)43-21-45-91(101)110(92)63-107-88(67-25-6-2-7-26-67)61-87(106)82-40-17-33-65-24-14-15-38-80(65)82/h2-15,17-22,24-35,37-60,62,64,87H,16,23,36,61,63,106H2,1H3/b107-88+. The molecule has 19 aromatic rings. The third-order valence-electron chi connectivity index (χ3n) is 24.2. The maximum Gasteiger partial charge on any atom is 0.235 e. The van der Waals surface area contributed by atoms with Crippen LogP contribution in [0.4, 0.5) is 0 Å². The molecule has 6 nitrogen and oxygen atoms in total. The quantitative estimate of drug-likeness (QED) is 0.110. The molecule has 111 heavy (non-hydrogen) atoms. The third-order valence-corrected chi connectivity index (χ3v) is 24.2. The Hall–Kier alpha value is -13.7. The van der Waals surface area contributed by atoms with E-state index in [1.807, 2.05) is 0 Å². The maximum absolute atomic E-state index is 7.27. The highest BCUT2D eigenvalue weighted by atomic mass is 15.2. The number of hydrogen-bond donors (Lipinski definition) is 1. The van der Waals surface area contributed by atoms with Gasteiger partial charge in [-0.15, -0.1) is 0 Å². The van der Waals surface area contributed by atoms with Gasteiger partial charge in [-0.2, -0.15) is 0 Å². The summed E-state index contributed by atoms with van der Waals surface area (Å²) in [5.74, 6) is 1.16. The van der Waals surface area contributed by atoms with E-state index in [0.717, 1.165) is 89.9 Å². The van der Waals surface area contributed by atoms with E-state index in [-0.39, 0.29) is 6.04 Å². The van der Waals surface area contributed by atoms with E-state index in [0.29, 0.717) is 25.0 Å². The van der Waals surface area contributed by atoms with Crippen LogP contribution in [0.2, 0.25) is 0 Å². The van der Waals surface area contributed by atoms with E-state index in [9.17, 15) is 0 Å². The fraction of sp³-hybridized carbons (Fsp3) is 0.0762. The molecule has 524 valence electrons. The van der Waals surface area contributed by atoms with E-state index in [1.54, 1.807) is 0 Å². The Kier molecular flexibility index (Phi) is 15.1. The number of aryl methyl sites for hydroxylation is 1. The van der Waals surface area contributed by atoms with Crippen LogP contribution >= 0.6 is 0 Å². The van der Waals surface area contributed by atoms with Crippen molar-refractivity contribution in [3.8, 4) is 39.6 Å². The van der Waals surface area contributed by atoms with Crippen LogP contribution < -0.4 is 5.73 Å². The lowest BCUT2D eigenvalue weighted by Crippen LogP contribution is -2.17. The van der Waals surface area contributed by atoms with Gasteiger partial charge in [0.1, 0.15) is 6.67 Å². The molecule has 3 aromatic heterocycles. The lowest BCUT2D eigenvalue weighted by molar-refractivity contribution is 0.590. The largest absolute Gasteiger partial charge is 0.324 e. The highest BCUT2D eigenvalue weighted by Gasteiger charge is 2.32. The Labute approximate surface area is 643 Å². The van der Waals surface area contributed by atoms with Gasteiger partial charge in [-0.1, -0.05) is 310 Å². The molecule has 0 aliphatic heterocycles. The first-order chi connectivity index (χ1) is 54.9. The molecule has 0 fully saturated rings. The molecule has 6 heteroatoms. The Bertz CT molecular complexity index is 7160. The summed E-state index contributed by atoms with van der Waals surface area (Å²) in [7, 11) is 0. The summed E-state index contributed by atoms with van der Waals surface area (Å²) in [4.78, 5) is 17.1. The first kappa shape index (κ1) is 64.5. The van der Waals surface area contributed by atoms with Crippen molar-refractivity contribution in [1.29, 1.82) is 0 Å². The van der Waals surface area contributed by atoms with Crippen LogP contribution in [0.25, 0.3) is 149 Å². The van der Waals surface area contributed by atoms with Gasteiger partial charge in [-0.05, 0) is 211 Å². The van der Waals surface area contributed by atoms with E-state index in [4.69, 9.17) is 20.7 Å². The van der Waals surface area contributed by atoms with E-state index >= 15 is 0 Å². The highest BCUT2D eigenvalue weighted by Crippen LogP contribution is 2.53. The summed E-state index contributed by atoms with van der Waals surface area (Å²) < 4.78 is 4.79. The van der Waals surface area contributed by atoms with Crippen molar-refractivity contribution in [2.45, 2.75) is 51.2 Å². The van der Waals surface area contributed by atoms with Gasteiger partial charge >= 0.3 is 0 Å². The first-order valence-corrected chi connectivity index (χ1v) is 39.0. The maximum atomic E-state index is 7.27. The molecule has 0 radical (unpaired) electrons. The summed E-state index contributed by atoms with van der Waals surface area (Å²) in [5.41, 5.74) is 38.3. The van der Waals surface area contributed by atoms with Crippen molar-refractivity contribution in [3.63, 3.8) is 0 Å². The van der Waals surface area contributed by atoms with E-state index < -0.39 is 0 Å². The number of hydrogen-bond acceptors (Lipinski definition) is 4. The average Bonchev–Trinajstić information content (AvgIpc) is 1.55. The van der Waals surface area contributed by atoms with Crippen LogP contribution in [0.1, 0.15) is 105 Å². The van der Waals surface area contributed by atoms with E-state index in [1.165, 1.54) is 144 Å². The van der Waals surface area contributed by atoms with Gasteiger partial charge in [0.25, 0.3) is 0 Å². The third kappa shape index (κ3) is 10.5. The second kappa shape index (κ2) is 26.1. The predicted molar refractivity (Wildman–Crippen MR) is 464 cm³/mol. The smallest absolute Gasteiger partial charge is 0.235 e. The highest BCUT2D eigenvalue weighted by molar-refractivity contribution is 6.33. The van der Waals surface area contributed by atoms with Gasteiger partial charge in [0.2, 0.25) is 5.95 Å². The van der Waals surface area contributed by atoms with E-state index in [2.05, 4.69) is 362 Å². The first-order valence-electron chi connectivity index (χ1n) is 39.0. The van der Waals surface area contributed by atoms with Crippen LogP contribution in [0.3, 0.4) is 0 Å². The summed E-state index contributed by atoms with van der Waals surface area (Å²) in [6.45, 7) is 2.79. The van der Waals surface area contributed by atoms with Crippen molar-refractivity contribution in [2.75, 3.05) is 0 Å². The summed E-state index contributed by atoms with van der Waals surface area (Å²) in [6.07, 6.45) is 4.04. The minimum absolute atomic E-state index is 0.262. The van der Waals surface area contributed by atoms with Crippen molar-refractivity contribution in [3.05, 3.63) is 413 Å². The minimum atomic E-state index is -0.262. The molecule has 16 aromatic carbocycles. The molecule has 2 atom stereocenters. The van der Waals surface area contributed by atoms with Crippen molar-refractivity contribution in [2.24, 2.45) is 10.7 Å². The van der Waals surface area contributed by atoms with Crippen LogP contribution in [-0.4, -0.2) is 24.8 Å². The van der Waals surface area contributed by atoms with Crippen LogP contribution in [0.5, 0.6) is 0 Å².